The van der Waals surface area contributed by atoms with Crippen LogP contribution in [-0.2, 0) is 28.5 Å². The molecule has 0 aromatic heterocycles. The van der Waals surface area contributed by atoms with E-state index >= 15 is 0 Å². The second kappa shape index (κ2) is 14.7. The maximum Gasteiger partial charge on any atom is 0.335 e. The van der Waals surface area contributed by atoms with Gasteiger partial charge in [0.25, 0.3) is 0 Å². The molecule has 324 valence electrons. The minimum Gasteiger partial charge on any atom is -0.481 e. The Morgan fingerprint density at radius 1 is 0.754 bits per heavy atom. The minimum atomic E-state index is -1.98. The number of hydrogen-bond donors (Lipinski definition) is 9. The molecule has 0 aromatic carbocycles. The lowest BCUT2D eigenvalue weighted by Crippen LogP contribution is -2.67. The van der Waals surface area contributed by atoms with Gasteiger partial charge >= 0.3 is 11.9 Å². The summed E-state index contributed by atoms with van der Waals surface area (Å²) in [7, 11) is 0. The van der Waals surface area contributed by atoms with Gasteiger partial charge in [-0.1, -0.05) is 46.3 Å². The van der Waals surface area contributed by atoms with E-state index in [1.54, 1.807) is 0 Å². The van der Waals surface area contributed by atoms with Gasteiger partial charge in [-0.3, -0.25) is 4.79 Å². The molecule has 15 nitrogen and oxygen atoms in total. The van der Waals surface area contributed by atoms with Gasteiger partial charge in [0.1, 0.15) is 42.7 Å². The summed E-state index contributed by atoms with van der Waals surface area (Å²) in [5.41, 5.74) is -0.640. The van der Waals surface area contributed by atoms with Gasteiger partial charge in [-0.05, 0) is 111 Å². The molecule has 2 heterocycles. The third-order valence-electron chi connectivity index (χ3n) is 17.7. The van der Waals surface area contributed by atoms with Crippen molar-refractivity contribution in [2.24, 2.45) is 50.2 Å². The second-order valence-corrected chi connectivity index (χ2v) is 20.4. The molecule has 5 aliphatic carbocycles. The number of hydrogen-bond acceptors (Lipinski definition) is 13. The summed E-state index contributed by atoms with van der Waals surface area (Å²) in [5.74, 6) is -1.90. The fourth-order valence-corrected chi connectivity index (χ4v) is 13.6. The van der Waals surface area contributed by atoms with Crippen molar-refractivity contribution in [2.75, 3.05) is 13.2 Å². The van der Waals surface area contributed by atoms with E-state index < -0.39 is 96.9 Å². The quantitative estimate of drug-likeness (QED) is 0.126. The molecule has 2 aliphatic heterocycles. The van der Waals surface area contributed by atoms with Gasteiger partial charge in [0.05, 0.1) is 24.7 Å². The van der Waals surface area contributed by atoms with Crippen LogP contribution < -0.4 is 0 Å². The van der Waals surface area contributed by atoms with Crippen molar-refractivity contribution in [3.63, 3.8) is 0 Å². The van der Waals surface area contributed by atoms with E-state index in [0.717, 1.165) is 38.5 Å². The molecule has 0 unspecified atom stereocenters. The third-order valence-corrected chi connectivity index (χ3v) is 17.7. The van der Waals surface area contributed by atoms with Crippen molar-refractivity contribution >= 4 is 11.9 Å². The predicted octanol–water partition coefficient (Wildman–Crippen LogP) is 1.95. The average molecular weight is 811 g/mol. The Morgan fingerprint density at radius 2 is 1.44 bits per heavy atom. The Kier molecular flexibility index (Phi) is 11.2. The van der Waals surface area contributed by atoms with Crippen molar-refractivity contribution in [1.82, 2.24) is 0 Å². The van der Waals surface area contributed by atoms with Crippen molar-refractivity contribution in [3.05, 3.63) is 11.6 Å². The van der Waals surface area contributed by atoms with E-state index in [4.69, 9.17) is 18.9 Å². The van der Waals surface area contributed by atoms with E-state index in [9.17, 15) is 55.5 Å². The Labute approximate surface area is 334 Å². The largest absolute Gasteiger partial charge is 0.481 e. The van der Waals surface area contributed by atoms with Gasteiger partial charge in [-0.15, -0.1) is 0 Å². The fraction of sp³-hybridized carbons (Fsp3) is 0.905. The van der Waals surface area contributed by atoms with Gasteiger partial charge in [0, 0.05) is 5.41 Å². The first-order chi connectivity index (χ1) is 26.5. The number of carboxylic acid groups (broad SMARTS) is 2. The van der Waals surface area contributed by atoms with Crippen LogP contribution in [0.15, 0.2) is 11.6 Å². The SMILES string of the molecule is C[C@@]1(C(=O)O)CC[C@@]2(C)CC[C@@]3(C)C(=CC[C@H]4[C@]5(C)CC[C@@H](O[C@H]6O[C@@H](C(=O)O)[C@H](O)[C@@H](O)[C@@H]6O[C@H]6O[C@@H](CO)[C@H](O)[C@@H](O)[C@@H]6O)[C@](C)(CO)[C@H]5CC[C@]43C)[C@@H]2C1. The van der Waals surface area contributed by atoms with Gasteiger partial charge in [-0.2, -0.15) is 0 Å². The fourth-order valence-electron chi connectivity index (χ4n) is 13.6. The molecule has 0 aromatic rings. The topological polar surface area (TPSA) is 253 Å². The standard InChI is InChI=1S/C42H66O15/c1-37-13-14-38(2,36(52)53)17-21(37)20-7-8-24-39(3)11-10-25(40(4,19-44)23(39)9-12-42(24,6)41(20,5)16-15-37)55-35-32(29(48)28(47)31(56-35)33(50)51)57-34-30(49)27(46)26(45)22(18-43)54-34/h7,21-32,34-35,43-49H,8-19H2,1-6H3,(H,50,51)(H,52,53)/t21-,22-,23-,24-,25+,26-,27+,28+,29+,30-,31+,32-,34+,35-,37-,38+,39+,40+,41-,42+/m0/s1. The zero-order valence-corrected chi connectivity index (χ0v) is 34.1. The maximum absolute atomic E-state index is 12.5. The molecular weight excluding hydrogens is 744 g/mol. The number of rotatable bonds is 8. The number of fused-ring (bicyclic) bond motifs is 7. The monoisotopic (exact) mass is 810 g/mol. The van der Waals surface area contributed by atoms with Crippen molar-refractivity contribution < 1.29 is 74.5 Å². The minimum absolute atomic E-state index is 0.0524. The summed E-state index contributed by atoms with van der Waals surface area (Å²) in [6.45, 7) is 12.4. The molecule has 2 saturated heterocycles. The molecule has 7 rings (SSSR count). The molecule has 57 heavy (non-hydrogen) atoms. The van der Waals surface area contributed by atoms with Crippen molar-refractivity contribution in [2.45, 2.75) is 173 Å². The van der Waals surface area contributed by atoms with E-state index in [-0.39, 0.29) is 46.0 Å². The zero-order valence-electron chi connectivity index (χ0n) is 34.1. The average Bonchev–Trinajstić information content (AvgIpc) is 3.16. The van der Waals surface area contributed by atoms with Gasteiger partial charge in [0.2, 0.25) is 0 Å². The zero-order chi connectivity index (χ0) is 41.8. The van der Waals surface area contributed by atoms with Crippen LogP contribution in [0.3, 0.4) is 0 Å². The number of aliphatic hydroxyl groups is 7. The Morgan fingerprint density at radius 3 is 2.07 bits per heavy atom. The number of allylic oxidation sites excluding steroid dienone is 2. The van der Waals surface area contributed by atoms with Crippen LogP contribution in [0, 0.1) is 50.2 Å². The predicted molar refractivity (Wildman–Crippen MR) is 200 cm³/mol. The van der Waals surface area contributed by atoms with Crippen LogP contribution in [0.4, 0.5) is 0 Å². The van der Waals surface area contributed by atoms with Crippen LogP contribution in [0.2, 0.25) is 0 Å². The molecule has 6 fully saturated rings. The summed E-state index contributed by atoms with van der Waals surface area (Å²) >= 11 is 0. The number of aliphatic hydroxyl groups excluding tert-OH is 7. The van der Waals surface area contributed by atoms with E-state index in [0.29, 0.717) is 25.7 Å². The van der Waals surface area contributed by atoms with Crippen LogP contribution in [0.5, 0.6) is 0 Å². The van der Waals surface area contributed by atoms with E-state index in [1.165, 1.54) is 5.57 Å². The smallest absolute Gasteiger partial charge is 0.335 e. The van der Waals surface area contributed by atoms with Gasteiger partial charge in [-0.25, -0.2) is 4.79 Å². The Bertz CT molecular complexity index is 1590. The summed E-state index contributed by atoms with van der Waals surface area (Å²) in [4.78, 5) is 24.7. The van der Waals surface area contributed by atoms with Crippen molar-refractivity contribution in [1.29, 1.82) is 0 Å². The summed E-state index contributed by atoms with van der Waals surface area (Å²) < 4.78 is 23.8. The Hall–Kier alpha value is -1.76. The molecule has 4 saturated carbocycles. The number of carboxylic acids is 2. The highest BCUT2D eigenvalue weighted by atomic mass is 16.8. The first-order valence-electron chi connectivity index (χ1n) is 21.0. The van der Waals surface area contributed by atoms with Gasteiger partial charge < -0.3 is 64.9 Å². The molecule has 7 aliphatic rings. The van der Waals surface area contributed by atoms with Crippen LogP contribution in [0.25, 0.3) is 0 Å². The highest BCUT2D eigenvalue weighted by Gasteiger charge is 2.69. The van der Waals surface area contributed by atoms with Crippen molar-refractivity contribution in [3.8, 4) is 0 Å². The molecule has 9 N–H and O–H groups in total. The first kappa shape index (κ1) is 43.3. The summed E-state index contributed by atoms with van der Waals surface area (Å²) in [6, 6.07) is 0. The molecule has 0 radical (unpaired) electrons. The Balaban J connectivity index is 1.17. The molecular formula is C42H66O15. The molecule has 20 atom stereocenters. The number of carbonyl (C=O) groups is 2. The maximum atomic E-state index is 12.5. The van der Waals surface area contributed by atoms with Crippen LogP contribution >= 0.6 is 0 Å². The second-order valence-electron chi connectivity index (χ2n) is 20.4. The summed E-state index contributed by atoms with van der Waals surface area (Å²) in [5, 5.41) is 94.7. The van der Waals surface area contributed by atoms with Crippen LogP contribution in [0.1, 0.15) is 106 Å². The molecule has 15 heteroatoms. The number of ether oxygens (including phenoxy) is 4. The van der Waals surface area contributed by atoms with Gasteiger partial charge in [0.15, 0.2) is 18.7 Å². The van der Waals surface area contributed by atoms with E-state index in [1.807, 2.05) is 13.8 Å². The highest BCUT2D eigenvalue weighted by molar-refractivity contribution is 5.74. The third kappa shape index (κ3) is 6.39. The molecule has 0 amide bonds. The number of aliphatic carboxylic acids is 2. The normalized spacial score (nSPS) is 55.0. The van der Waals surface area contributed by atoms with Crippen LogP contribution in [-0.4, -0.2) is 139 Å². The molecule has 0 spiro atoms. The van der Waals surface area contributed by atoms with E-state index in [2.05, 4.69) is 33.8 Å². The lowest BCUT2D eigenvalue weighted by molar-refractivity contribution is -0.375. The highest BCUT2D eigenvalue weighted by Crippen LogP contribution is 2.76. The molecule has 0 bridgehead atoms. The summed E-state index contributed by atoms with van der Waals surface area (Å²) in [6.07, 6.45) is -7.93. The lowest BCUT2D eigenvalue weighted by Gasteiger charge is -2.71. The lowest BCUT2D eigenvalue weighted by atomic mass is 9.33. The first-order valence-corrected chi connectivity index (χ1v) is 21.0.